The van der Waals surface area contributed by atoms with E-state index in [-0.39, 0.29) is 11.6 Å². The van der Waals surface area contributed by atoms with Gasteiger partial charge in [-0.1, -0.05) is 35.5 Å². The molecule has 0 radical (unpaired) electrons. The summed E-state index contributed by atoms with van der Waals surface area (Å²) >= 11 is 0. The Kier molecular flexibility index (Phi) is 2.95. The zero-order valence-corrected chi connectivity index (χ0v) is 10.9. The summed E-state index contributed by atoms with van der Waals surface area (Å²) in [6.07, 6.45) is 0. The van der Waals surface area contributed by atoms with Crippen LogP contribution in [0, 0.1) is 0 Å². The number of aromatic carboxylic acids is 1. The van der Waals surface area contributed by atoms with Crippen LogP contribution in [0.25, 0.3) is 11.0 Å². The lowest BCUT2D eigenvalue weighted by molar-refractivity contribution is 0.0697. The van der Waals surface area contributed by atoms with Crippen LogP contribution >= 0.6 is 0 Å². The molecule has 1 aromatic heterocycles. The zero-order chi connectivity index (χ0) is 14.1. The minimum Gasteiger partial charge on any atom is -0.478 e. The van der Waals surface area contributed by atoms with Gasteiger partial charge in [0.25, 0.3) is 0 Å². The van der Waals surface area contributed by atoms with Gasteiger partial charge < -0.3 is 5.11 Å². The van der Waals surface area contributed by atoms with Crippen LogP contribution in [-0.2, 0) is 0 Å². The molecule has 2 aromatic carbocycles. The molecule has 5 heteroatoms. The van der Waals surface area contributed by atoms with Crippen LogP contribution < -0.4 is 0 Å². The van der Waals surface area contributed by atoms with Crippen molar-refractivity contribution in [3.05, 3.63) is 59.7 Å². The van der Waals surface area contributed by atoms with Gasteiger partial charge in [0.2, 0.25) is 0 Å². The Morgan fingerprint density at radius 1 is 1.20 bits per heavy atom. The monoisotopic (exact) mass is 267 g/mol. The van der Waals surface area contributed by atoms with E-state index >= 15 is 0 Å². The number of benzene rings is 2. The smallest absolute Gasteiger partial charge is 0.335 e. The maximum Gasteiger partial charge on any atom is 0.335 e. The second-order valence-corrected chi connectivity index (χ2v) is 4.63. The van der Waals surface area contributed by atoms with Crippen LogP contribution in [0.2, 0.25) is 0 Å². The Bertz CT molecular complexity index is 765. The van der Waals surface area contributed by atoms with Gasteiger partial charge in [-0.25, -0.2) is 9.48 Å². The van der Waals surface area contributed by atoms with Gasteiger partial charge in [-0.15, -0.1) is 5.10 Å². The highest BCUT2D eigenvalue weighted by Crippen LogP contribution is 2.22. The minimum absolute atomic E-state index is 0.0388. The van der Waals surface area contributed by atoms with E-state index in [1.165, 1.54) is 0 Å². The number of hydrogen-bond donors (Lipinski definition) is 1. The van der Waals surface area contributed by atoms with E-state index in [0.29, 0.717) is 5.52 Å². The fourth-order valence-corrected chi connectivity index (χ4v) is 2.23. The highest BCUT2D eigenvalue weighted by molar-refractivity contribution is 5.92. The molecule has 3 rings (SSSR count). The molecule has 0 saturated carbocycles. The number of carboxylic acids is 1. The van der Waals surface area contributed by atoms with Crippen molar-refractivity contribution in [1.29, 1.82) is 0 Å². The molecule has 3 aromatic rings. The van der Waals surface area contributed by atoms with Gasteiger partial charge in [0.1, 0.15) is 5.52 Å². The molecule has 0 unspecified atom stereocenters. The largest absolute Gasteiger partial charge is 0.478 e. The number of hydrogen-bond acceptors (Lipinski definition) is 3. The third-order valence-electron chi connectivity index (χ3n) is 3.37. The minimum atomic E-state index is -0.961. The van der Waals surface area contributed by atoms with E-state index in [1.54, 1.807) is 22.9 Å². The van der Waals surface area contributed by atoms with E-state index in [1.807, 2.05) is 37.3 Å². The summed E-state index contributed by atoms with van der Waals surface area (Å²) in [5.41, 5.74) is 2.76. The number of aromatic nitrogens is 3. The quantitative estimate of drug-likeness (QED) is 0.792. The summed E-state index contributed by atoms with van der Waals surface area (Å²) in [6.45, 7) is 2.04. The average Bonchev–Trinajstić information content (AvgIpc) is 2.90. The molecule has 20 heavy (non-hydrogen) atoms. The Hall–Kier alpha value is -2.69. The lowest BCUT2D eigenvalue weighted by Gasteiger charge is -2.12. The van der Waals surface area contributed by atoms with Gasteiger partial charge in [0.05, 0.1) is 17.1 Å². The highest BCUT2D eigenvalue weighted by atomic mass is 16.4. The van der Waals surface area contributed by atoms with Crippen LogP contribution in [-0.4, -0.2) is 26.1 Å². The van der Waals surface area contributed by atoms with Crippen LogP contribution in [0.3, 0.4) is 0 Å². The molecule has 0 aliphatic heterocycles. The first-order valence-electron chi connectivity index (χ1n) is 6.30. The topological polar surface area (TPSA) is 68.0 Å². The second-order valence-electron chi connectivity index (χ2n) is 4.63. The third kappa shape index (κ3) is 2.03. The van der Waals surface area contributed by atoms with Crippen molar-refractivity contribution in [3.8, 4) is 0 Å². The van der Waals surface area contributed by atoms with E-state index in [2.05, 4.69) is 10.3 Å². The first kappa shape index (κ1) is 12.3. The summed E-state index contributed by atoms with van der Waals surface area (Å²) in [5, 5.41) is 17.2. The maximum atomic E-state index is 11.0. The summed E-state index contributed by atoms with van der Waals surface area (Å²) in [7, 11) is 0. The first-order chi connectivity index (χ1) is 9.66. The predicted molar refractivity (Wildman–Crippen MR) is 74.7 cm³/mol. The van der Waals surface area contributed by atoms with Crippen LogP contribution in [0.15, 0.2) is 48.5 Å². The lowest BCUT2D eigenvalue weighted by Crippen LogP contribution is -2.08. The van der Waals surface area contributed by atoms with Gasteiger partial charge in [0, 0.05) is 0 Å². The fourth-order valence-electron chi connectivity index (χ4n) is 2.23. The van der Waals surface area contributed by atoms with Gasteiger partial charge in [-0.05, 0) is 30.7 Å². The number of carboxylic acid groups (broad SMARTS) is 1. The molecule has 0 amide bonds. The normalized spacial score (nSPS) is 12.4. The van der Waals surface area contributed by atoms with Crippen molar-refractivity contribution < 1.29 is 9.90 Å². The van der Waals surface area contributed by atoms with Crippen molar-refractivity contribution in [1.82, 2.24) is 15.0 Å². The van der Waals surface area contributed by atoms with Gasteiger partial charge in [-0.3, -0.25) is 0 Å². The van der Waals surface area contributed by atoms with Crippen molar-refractivity contribution in [2.24, 2.45) is 0 Å². The van der Waals surface area contributed by atoms with Crippen LogP contribution in [0.5, 0.6) is 0 Å². The van der Waals surface area contributed by atoms with E-state index in [9.17, 15) is 4.79 Å². The molecule has 1 heterocycles. The van der Waals surface area contributed by atoms with Crippen LogP contribution in [0.4, 0.5) is 0 Å². The van der Waals surface area contributed by atoms with Crippen molar-refractivity contribution in [3.63, 3.8) is 0 Å². The molecule has 0 bridgehead atoms. The van der Waals surface area contributed by atoms with E-state index in [4.69, 9.17) is 5.11 Å². The lowest BCUT2D eigenvalue weighted by atomic mass is 10.1. The third-order valence-corrected chi connectivity index (χ3v) is 3.37. The Morgan fingerprint density at radius 2 is 1.95 bits per heavy atom. The molecule has 100 valence electrons. The molecule has 0 aliphatic rings. The van der Waals surface area contributed by atoms with Gasteiger partial charge >= 0.3 is 5.97 Å². The molecule has 1 atom stereocenters. The molecule has 5 nitrogen and oxygen atoms in total. The molecule has 0 spiro atoms. The summed E-state index contributed by atoms with van der Waals surface area (Å²) in [4.78, 5) is 11.0. The van der Waals surface area contributed by atoms with E-state index < -0.39 is 5.97 Å². The van der Waals surface area contributed by atoms with Gasteiger partial charge in [-0.2, -0.15) is 0 Å². The van der Waals surface area contributed by atoms with Crippen molar-refractivity contribution in [2.45, 2.75) is 13.0 Å². The van der Waals surface area contributed by atoms with Crippen molar-refractivity contribution in [2.75, 3.05) is 0 Å². The predicted octanol–water partition coefficient (Wildman–Crippen LogP) is 2.74. The molecular weight excluding hydrogens is 254 g/mol. The summed E-state index contributed by atoms with van der Waals surface area (Å²) in [5.74, 6) is -0.961. The Morgan fingerprint density at radius 3 is 2.65 bits per heavy atom. The molecule has 0 fully saturated rings. The second kappa shape index (κ2) is 4.77. The van der Waals surface area contributed by atoms with Gasteiger partial charge in [0.15, 0.2) is 0 Å². The number of fused-ring (bicyclic) bond motifs is 1. The molecule has 1 N–H and O–H groups in total. The fraction of sp³-hybridized carbons (Fsp3) is 0.133. The SMILES string of the molecule is C[C@H](c1ccccc1)n1nnc2cc(C(=O)O)ccc21. The molecular formula is C15H13N3O2. The van der Waals surface area contributed by atoms with E-state index in [0.717, 1.165) is 11.1 Å². The summed E-state index contributed by atoms with van der Waals surface area (Å²) in [6, 6.07) is 14.9. The Balaban J connectivity index is 2.07. The van der Waals surface area contributed by atoms with Crippen molar-refractivity contribution >= 4 is 17.0 Å². The standard InChI is InChI=1S/C15H13N3O2/c1-10(11-5-3-2-4-6-11)18-14-8-7-12(15(19)20)9-13(14)16-17-18/h2-10H,1H3,(H,19,20)/t10-/m1/s1. The Labute approximate surface area is 115 Å². The maximum absolute atomic E-state index is 11.0. The number of rotatable bonds is 3. The molecule has 0 aliphatic carbocycles. The number of carbonyl (C=O) groups is 1. The number of nitrogens with zero attached hydrogens (tertiary/aromatic N) is 3. The zero-order valence-electron chi connectivity index (χ0n) is 10.9. The van der Waals surface area contributed by atoms with Crippen LogP contribution in [0.1, 0.15) is 28.9 Å². The summed E-state index contributed by atoms with van der Waals surface area (Å²) < 4.78 is 1.80. The highest BCUT2D eigenvalue weighted by Gasteiger charge is 2.14. The first-order valence-corrected chi connectivity index (χ1v) is 6.30. The molecule has 0 saturated heterocycles. The average molecular weight is 267 g/mol.